The Morgan fingerprint density at radius 1 is 1.07 bits per heavy atom. The van der Waals surface area contributed by atoms with E-state index in [9.17, 15) is 22.8 Å². The van der Waals surface area contributed by atoms with Gasteiger partial charge < -0.3 is 19.1 Å². The molecule has 0 saturated carbocycles. The molecule has 0 unspecified atom stereocenters. The first kappa shape index (κ1) is 23.8. The minimum Gasteiger partial charge on any atom is -0.468 e. The van der Waals surface area contributed by atoms with Crippen LogP contribution in [0.25, 0.3) is 0 Å². The SMILES string of the molecule is CCc1ccc(C(=O)N(CC(=O)OC)CC(=O)OC)cc1S(=O)(=O)N1CCOCC1. The van der Waals surface area contributed by atoms with Crippen molar-refractivity contribution < 1.29 is 37.0 Å². The number of ether oxygens (including phenoxy) is 3. The summed E-state index contributed by atoms with van der Waals surface area (Å²) in [6, 6.07) is 4.32. The molecule has 166 valence electrons. The minimum atomic E-state index is -3.84. The van der Waals surface area contributed by atoms with Crippen molar-refractivity contribution in [2.45, 2.75) is 18.2 Å². The molecule has 1 heterocycles. The van der Waals surface area contributed by atoms with Gasteiger partial charge in [-0.2, -0.15) is 4.31 Å². The Balaban J connectivity index is 2.42. The first-order valence-electron chi connectivity index (χ1n) is 9.38. The summed E-state index contributed by atoms with van der Waals surface area (Å²) in [4.78, 5) is 37.3. The molecule has 0 N–H and O–H groups in total. The van der Waals surface area contributed by atoms with Crippen LogP contribution >= 0.6 is 0 Å². The summed E-state index contributed by atoms with van der Waals surface area (Å²) >= 11 is 0. The van der Waals surface area contributed by atoms with Crippen LogP contribution in [0.3, 0.4) is 0 Å². The van der Waals surface area contributed by atoms with E-state index < -0.39 is 41.0 Å². The number of hydrogen-bond acceptors (Lipinski definition) is 8. The summed E-state index contributed by atoms with van der Waals surface area (Å²) in [5.41, 5.74) is 0.595. The Morgan fingerprint density at radius 2 is 1.63 bits per heavy atom. The number of hydrogen-bond donors (Lipinski definition) is 0. The van der Waals surface area contributed by atoms with Crippen LogP contribution in [0.15, 0.2) is 23.1 Å². The van der Waals surface area contributed by atoms with Gasteiger partial charge in [0, 0.05) is 18.7 Å². The van der Waals surface area contributed by atoms with Gasteiger partial charge in [-0.25, -0.2) is 8.42 Å². The fourth-order valence-electron chi connectivity index (χ4n) is 2.97. The van der Waals surface area contributed by atoms with Gasteiger partial charge in [0.15, 0.2) is 0 Å². The number of aryl methyl sites for hydroxylation is 1. The molecule has 1 fully saturated rings. The highest BCUT2D eigenvalue weighted by atomic mass is 32.2. The molecule has 0 atom stereocenters. The molecular weight excluding hydrogens is 416 g/mol. The number of benzene rings is 1. The lowest BCUT2D eigenvalue weighted by atomic mass is 10.1. The fraction of sp³-hybridized carbons (Fsp3) is 0.526. The number of morpholine rings is 1. The zero-order valence-corrected chi connectivity index (χ0v) is 18.1. The lowest BCUT2D eigenvalue weighted by molar-refractivity contribution is -0.144. The Labute approximate surface area is 175 Å². The van der Waals surface area contributed by atoms with Crippen LogP contribution < -0.4 is 0 Å². The molecule has 0 aliphatic carbocycles. The van der Waals surface area contributed by atoms with Gasteiger partial charge in [-0.1, -0.05) is 13.0 Å². The van der Waals surface area contributed by atoms with E-state index in [0.29, 0.717) is 25.2 Å². The van der Waals surface area contributed by atoms with Crippen molar-refractivity contribution >= 4 is 27.9 Å². The standard InChI is InChI=1S/C19H26N2O8S/c1-4-14-5-6-15(11-16(14)30(25,26)21-7-9-29-10-8-21)19(24)20(12-17(22)27-2)13-18(23)28-3/h5-6,11H,4,7-10,12-13H2,1-3H3. The van der Waals surface area contributed by atoms with Gasteiger partial charge in [0.1, 0.15) is 13.1 Å². The van der Waals surface area contributed by atoms with E-state index >= 15 is 0 Å². The van der Waals surface area contributed by atoms with E-state index in [1.54, 1.807) is 6.07 Å². The topological polar surface area (TPSA) is 120 Å². The highest BCUT2D eigenvalue weighted by molar-refractivity contribution is 7.89. The molecule has 0 aromatic heterocycles. The second-order valence-electron chi connectivity index (χ2n) is 6.51. The molecule has 1 aliphatic rings. The largest absolute Gasteiger partial charge is 0.468 e. The number of rotatable bonds is 8. The number of sulfonamides is 1. The summed E-state index contributed by atoms with van der Waals surface area (Å²) in [6.45, 7) is 1.89. The molecule has 30 heavy (non-hydrogen) atoms. The van der Waals surface area contributed by atoms with Gasteiger partial charge in [0.2, 0.25) is 10.0 Å². The van der Waals surface area contributed by atoms with Crippen molar-refractivity contribution in [3.8, 4) is 0 Å². The van der Waals surface area contributed by atoms with E-state index in [2.05, 4.69) is 9.47 Å². The Bertz CT molecular complexity index is 876. The average molecular weight is 442 g/mol. The molecule has 2 rings (SSSR count). The molecule has 11 heteroatoms. The molecule has 1 saturated heterocycles. The van der Waals surface area contributed by atoms with Crippen molar-refractivity contribution in [3.63, 3.8) is 0 Å². The average Bonchev–Trinajstić information content (AvgIpc) is 2.77. The van der Waals surface area contributed by atoms with Crippen molar-refractivity contribution in [3.05, 3.63) is 29.3 Å². The lowest BCUT2D eigenvalue weighted by Gasteiger charge is -2.27. The Morgan fingerprint density at radius 3 is 2.13 bits per heavy atom. The minimum absolute atomic E-state index is 0.0221. The predicted octanol–water partition coefficient (Wildman–Crippen LogP) is 0.0581. The third-order valence-electron chi connectivity index (χ3n) is 4.67. The summed E-state index contributed by atoms with van der Waals surface area (Å²) in [6.07, 6.45) is 0.446. The van der Waals surface area contributed by atoms with Crippen molar-refractivity contribution in [1.29, 1.82) is 0 Å². The number of esters is 2. The van der Waals surface area contributed by atoms with E-state index in [4.69, 9.17) is 4.74 Å². The van der Waals surface area contributed by atoms with Gasteiger partial charge in [-0.05, 0) is 24.1 Å². The van der Waals surface area contributed by atoms with E-state index in [1.807, 2.05) is 6.92 Å². The highest BCUT2D eigenvalue weighted by Crippen LogP contribution is 2.24. The van der Waals surface area contributed by atoms with Gasteiger partial charge in [0.05, 0.1) is 32.3 Å². The Hall–Kier alpha value is -2.50. The number of nitrogens with zero attached hydrogens (tertiary/aromatic N) is 2. The summed E-state index contributed by atoms with van der Waals surface area (Å²) in [5.74, 6) is -2.14. The van der Waals surface area contributed by atoms with Gasteiger partial charge in [-0.15, -0.1) is 0 Å². The van der Waals surface area contributed by atoms with Crippen LogP contribution in [0.4, 0.5) is 0 Å². The summed E-state index contributed by atoms with van der Waals surface area (Å²) in [5, 5.41) is 0. The molecule has 0 radical (unpaired) electrons. The molecule has 0 spiro atoms. The Kier molecular flexibility index (Phi) is 8.33. The maximum Gasteiger partial charge on any atom is 0.325 e. The van der Waals surface area contributed by atoms with Gasteiger partial charge >= 0.3 is 11.9 Å². The number of amides is 1. The van der Waals surface area contributed by atoms with Crippen LogP contribution in [-0.4, -0.2) is 89.1 Å². The smallest absolute Gasteiger partial charge is 0.325 e. The van der Waals surface area contributed by atoms with Crippen LogP contribution in [0, 0.1) is 0 Å². The third-order valence-corrected chi connectivity index (χ3v) is 6.65. The van der Waals surface area contributed by atoms with Crippen molar-refractivity contribution in [2.75, 3.05) is 53.6 Å². The summed E-state index contributed by atoms with van der Waals surface area (Å²) in [7, 11) is -1.52. The first-order valence-corrected chi connectivity index (χ1v) is 10.8. The van der Waals surface area contributed by atoms with Crippen molar-refractivity contribution in [1.82, 2.24) is 9.21 Å². The second-order valence-corrected chi connectivity index (χ2v) is 8.41. The van der Waals surface area contributed by atoms with E-state index in [-0.39, 0.29) is 23.5 Å². The van der Waals surface area contributed by atoms with Crippen LogP contribution in [0.2, 0.25) is 0 Å². The predicted molar refractivity (Wildman–Crippen MR) is 105 cm³/mol. The molecule has 1 aliphatic heterocycles. The summed E-state index contributed by atoms with van der Waals surface area (Å²) < 4.78 is 42.0. The van der Waals surface area contributed by atoms with Gasteiger partial charge in [0.25, 0.3) is 5.91 Å². The van der Waals surface area contributed by atoms with Crippen LogP contribution in [-0.2, 0) is 40.2 Å². The van der Waals surface area contributed by atoms with Crippen molar-refractivity contribution in [2.24, 2.45) is 0 Å². The second kappa shape index (κ2) is 10.5. The highest BCUT2D eigenvalue weighted by Gasteiger charge is 2.30. The molecule has 1 amide bonds. The number of methoxy groups -OCH3 is 2. The maximum atomic E-state index is 13.2. The lowest BCUT2D eigenvalue weighted by Crippen LogP contribution is -2.41. The zero-order chi connectivity index (χ0) is 22.3. The number of carbonyl (C=O) groups excluding carboxylic acids is 3. The number of carbonyl (C=O) groups is 3. The maximum absolute atomic E-state index is 13.2. The quantitative estimate of drug-likeness (QED) is 0.519. The molecular formula is C19H26N2O8S. The molecule has 10 nitrogen and oxygen atoms in total. The normalized spacial score (nSPS) is 14.8. The zero-order valence-electron chi connectivity index (χ0n) is 17.3. The third kappa shape index (κ3) is 5.55. The molecule has 0 bridgehead atoms. The first-order chi connectivity index (χ1) is 14.2. The van der Waals surface area contributed by atoms with Crippen LogP contribution in [0.5, 0.6) is 0 Å². The van der Waals surface area contributed by atoms with Gasteiger partial charge in [-0.3, -0.25) is 14.4 Å². The van der Waals surface area contributed by atoms with E-state index in [1.165, 1.54) is 16.4 Å². The monoisotopic (exact) mass is 442 g/mol. The molecule has 1 aromatic rings. The molecule has 1 aromatic carbocycles. The fourth-order valence-corrected chi connectivity index (χ4v) is 4.70. The van der Waals surface area contributed by atoms with Crippen LogP contribution in [0.1, 0.15) is 22.8 Å². The van der Waals surface area contributed by atoms with E-state index in [0.717, 1.165) is 19.1 Å².